The predicted octanol–water partition coefficient (Wildman–Crippen LogP) is 1.97. The summed E-state index contributed by atoms with van der Waals surface area (Å²) in [6, 6.07) is 5.55. The molecule has 1 aliphatic heterocycles. The first-order valence-electron chi connectivity index (χ1n) is 8.76. The number of aryl methyl sites for hydroxylation is 1. The molecule has 0 saturated carbocycles. The van der Waals surface area contributed by atoms with Crippen molar-refractivity contribution in [2.24, 2.45) is 0 Å². The second-order valence-electron chi connectivity index (χ2n) is 6.35. The largest absolute Gasteiger partial charge is 0.497 e. The zero-order valence-corrected chi connectivity index (χ0v) is 17.0. The van der Waals surface area contributed by atoms with Gasteiger partial charge in [0.1, 0.15) is 11.8 Å². The average molecular weight is 410 g/mol. The number of ether oxygens (including phenoxy) is 1. The molecule has 3 rings (SSSR count). The Morgan fingerprint density at radius 3 is 2.74 bits per heavy atom. The molecule has 1 aromatic heterocycles. The first-order chi connectivity index (χ1) is 12.9. The second kappa shape index (κ2) is 8.37. The van der Waals surface area contributed by atoms with E-state index in [2.05, 4.69) is 10.3 Å². The monoisotopic (exact) mass is 409 g/mol. The fraction of sp³-hybridized carbons (Fsp3) is 0.444. The number of benzene rings is 1. The molecule has 9 heteroatoms. The molecule has 27 heavy (non-hydrogen) atoms. The normalized spacial score (nSPS) is 17.8. The molecule has 146 valence electrons. The number of carbonyl (C=O) groups excluding carboxylic acids is 1. The third-order valence-corrected chi connectivity index (χ3v) is 7.26. The van der Waals surface area contributed by atoms with E-state index in [0.717, 1.165) is 10.7 Å². The Bertz CT molecular complexity index is 894. The van der Waals surface area contributed by atoms with Gasteiger partial charge < -0.3 is 10.1 Å². The van der Waals surface area contributed by atoms with Crippen LogP contribution in [0.1, 0.15) is 23.5 Å². The lowest BCUT2D eigenvalue weighted by atomic mass is 10.2. The van der Waals surface area contributed by atoms with E-state index in [1.807, 2.05) is 12.3 Å². The van der Waals surface area contributed by atoms with E-state index < -0.39 is 16.1 Å². The summed E-state index contributed by atoms with van der Waals surface area (Å²) in [4.78, 5) is 17.1. The van der Waals surface area contributed by atoms with Crippen LogP contribution in [0.3, 0.4) is 0 Å². The predicted molar refractivity (Wildman–Crippen MR) is 103 cm³/mol. The lowest BCUT2D eigenvalue weighted by molar-refractivity contribution is -0.124. The van der Waals surface area contributed by atoms with Gasteiger partial charge in [-0.3, -0.25) is 4.79 Å². The molecule has 7 nitrogen and oxygen atoms in total. The Balaban J connectivity index is 1.65. The first kappa shape index (κ1) is 19.8. The molecule has 1 atom stereocenters. The summed E-state index contributed by atoms with van der Waals surface area (Å²) in [5.41, 5.74) is 0.937. The van der Waals surface area contributed by atoms with Crippen molar-refractivity contribution in [3.63, 3.8) is 0 Å². The molecule has 1 aromatic carbocycles. The van der Waals surface area contributed by atoms with Gasteiger partial charge in [-0.1, -0.05) is 0 Å². The number of nitrogens with zero attached hydrogens (tertiary/aromatic N) is 2. The zero-order valence-electron chi connectivity index (χ0n) is 15.3. The molecule has 1 N–H and O–H groups in total. The smallest absolute Gasteiger partial charge is 0.243 e. The molecule has 0 unspecified atom stereocenters. The van der Waals surface area contributed by atoms with Crippen molar-refractivity contribution < 1.29 is 17.9 Å². The zero-order chi connectivity index (χ0) is 19.4. The number of sulfonamides is 1. The number of hydrogen-bond donors (Lipinski definition) is 1. The Hall–Kier alpha value is -1.97. The van der Waals surface area contributed by atoms with Gasteiger partial charge in [0.15, 0.2) is 0 Å². The van der Waals surface area contributed by atoms with Crippen LogP contribution >= 0.6 is 11.3 Å². The molecule has 0 radical (unpaired) electrons. The first-order valence-corrected chi connectivity index (χ1v) is 11.1. The molecule has 1 fully saturated rings. The van der Waals surface area contributed by atoms with Gasteiger partial charge in [-0.15, -0.1) is 11.3 Å². The lowest BCUT2D eigenvalue weighted by Crippen LogP contribution is -2.46. The van der Waals surface area contributed by atoms with Gasteiger partial charge in [-0.2, -0.15) is 4.31 Å². The maximum atomic E-state index is 12.9. The molecule has 1 amide bonds. The lowest BCUT2D eigenvalue weighted by Gasteiger charge is -2.23. The van der Waals surface area contributed by atoms with Crippen LogP contribution in [0.15, 0.2) is 34.5 Å². The van der Waals surface area contributed by atoms with Gasteiger partial charge >= 0.3 is 0 Å². The third kappa shape index (κ3) is 4.48. The Labute approximate surface area is 163 Å². The van der Waals surface area contributed by atoms with Crippen molar-refractivity contribution in [2.45, 2.75) is 37.1 Å². The van der Waals surface area contributed by atoms with Crippen molar-refractivity contribution in [1.29, 1.82) is 0 Å². The minimum Gasteiger partial charge on any atom is -0.497 e. The van der Waals surface area contributed by atoms with Gasteiger partial charge in [-0.25, -0.2) is 13.4 Å². The Morgan fingerprint density at radius 1 is 1.37 bits per heavy atom. The second-order valence-corrected chi connectivity index (χ2v) is 9.30. The van der Waals surface area contributed by atoms with Crippen molar-refractivity contribution in [2.75, 3.05) is 20.2 Å². The standard InChI is InChI=1S/C18H23N3O4S2/c1-13-20-14(12-26-13)9-10-19-18(22)17-4-3-11-21(17)27(23,24)16-7-5-15(25-2)6-8-16/h5-8,12,17H,3-4,9-11H2,1-2H3,(H,19,22)/t17-/m1/s1. The van der Waals surface area contributed by atoms with Gasteiger partial charge in [0.05, 0.1) is 22.7 Å². The number of amides is 1. The van der Waals surface area contributed by atoms with Crippen molar-refractivity contribution in [3.8, 4) is 5.75 Å². The van der Waals surface area contributed by atoms with Gasteiger partial charge in [0.2, 0.25) is 15.9 Å². The minimum atomic E-state index is -3.73. The van der Waals surface area contributed by atoms with Crippen molar-refractivity contribution in [3.05, 3.63) is 40.3 Å². The number of aromatic nitrogens is 1. The molecule has 0 bridgehead atoms. The van der Waals surface area contributed by atoms with Crippen LogP contribution in [-0.2, 0) is 21.2 Å². The van der Waals surface area contributed by atoms with Crippen LogP contribution in [0.5, 0.6) is 5.75 Å². The van der Waals surface area contributed by atoms with Crippen LogP contribution in [0.25, 0.3) is 0 Å². The van der Waals surface area contributed by atoms with E-state index in [1.165, 1.54) is 23.5 Å². The Morgan fingerprint density at radius 2 is 2.11 bits per heavy atom. The summed E-state index contributed by atoms with van der Waals surface area (Å²) in [6.45, 7) is 2.72. The summed E-state index contributed by atoms with van der Waals surface area (Å²) < 4.78 is 32.3. The maximum absolute atomic E-state index is 12.9. The molecule has 1 saturated heterocycles. The quantitative estimate of drug-likeness (QED) is 0.755. The third-order valence-electron chi connectivity index (χ3n) is 4.52. The van der Waals surface area contributed by atoms with E-state index in [9.17, 15) is 13.2 Å². The number of methoxy groups -OCH3 is 1. The summed E-state index contributed by atoms with van der Waals surface area (Å²) in [6.07, 6.45) is 1.82. The summed E-state index contributed by atoms with van der Waals surface area (Å²) in [5.74, 6) is 0.332. The number of rotatable bonds is 7. The van der Waals surface area contributed by atoms with Crippen LogP contribution in [0.4, 0.5) is 0 Å². The van der Waals surface area contributed by atoms with Gasteiger partial charge in [-0.05, 0) is 44.0 Å². The van der Waals surface area contributed by atoms with Crippen LogP contribution in [0, 0.1) is 6.92 Å². The molecule has 1 aliphatic rings. The molecule has 0 spiro atoms. The molecule has 0 aliphatic carbocycles. The highest BCUT2D eigenvalue weighted by Gasteiger charge is 2.39. The minimum absolute atomic E-state index is 0.168. The van der Waals surface area contributed by atoms with E-state index in [4.69, 9.17) is 4.74 Å². The van der Waals surface area contributed by atoms with Gasteiger partial charge in [0.25, 0.3) is 0 Å². The Kier molecular flexibility index (Phi) is 6.13. The van der Waals surface area contributed by atoms with Gasteiger partial charge in [0, 0.05) is 24.9 Å². The highest BCUT2D eigenvalue weighted by atomic mass is 32.2. The van der Waals surface area contributed by atoms with E-state index in [0.29, 0.717) is 38.1 Å². The van der Waals surface area contributed by atoms with Crippen molar-refractivity contribution in [1.82, 2.24) is 14.6 Å². The number of nitrogens with one attached hydrogen (secondary N) is 1. The van der Waals surface area contributed by atoms with E-state index in [-0.39, 0.29) is 10.8 Å². The summed E-state index contributed by atoms with van der Waals surface area (Å²) in [7, 11) is -2.20. The van der Waals surface area contributed by atoms with Crippen LogP contribution in [-0.4, -0.2) is 49.9 Å². The van der Waals surface area contributed by atoms with Crippen LogP contribution < -0.4 is 10.1 Å². The molecular formula is C18H23N3O4S2. The molecular weight excluding hydrogens is 386 g/mol. The van der Waals surface area contributed by atoms with E-state index in [1.54, 1.807) is 23.5 Å². The topological polar surface area (TPSA) is 88.6 Å². The molecule has 2 aromatic rings. The average Bonchev–Trinajstić information content (AvgIpc) is 3.31. The highest BCUT2D eigenvalue weighted by Crippen LogP contribution is 2.27. The number of hydrogen-bond acceptors (Lipinski definition) is 6. The number of thiazole rings is 1. The summed E-state index contributed by atoms with van der Waals surface area (Å²) >= 11 is 1.57. The maximum Gasteiger partial charge on any atom is 0.243 e. The SMILES string of the molecule is COc1ccc(S(=O)(=O)N2CCC[C@@H]2C(=O)NCCc2csc(C)n2)cc1. The van der Waals surface area contributed by atoms with E-state index >= 15 is 0 Å². The summed E-state index contributed by atoms with van der Waals surface area (Å²) in [5, 5.41) is 5.81. The number of carbonyl (C=O) groups is 1. The highest BCUT2D eigenvalue weighted by molar-refractivity contribution is 7.89. The molecule has 2 heterocycles. The fourth-order valence-corrected chi connectivity index (χ4v) is 5.43. The van der Waals surface area contributed by atoms with Crippen molar-refractivity contribution >= 4 is 27.3 Å². The fourth-order valence-electron chi connectivity index (χ4n) is 3.13. The van der Waals surface area contributed by atoms with Crippen LogP contribution in [0.2, 0.25) is 0 Å².